The minimum absolute atomic E-state index is 0.0525. The Kier molecular flexibility index (Phi) is 4.67. The lowest BCUT2D eigenvalue weighted by Gasteiger charge is -2.13. The lowest BCUT2D eigenvalue weighted by atomic mass is 10.1. The molecule has 0 amide bonds. The first kappa shape index (κ1) is 12.1. The third-order valence-corrected chi connectivity index (χ3v) is 2.46. The Hall–Kier alpha value is -0.980. The monoisotopic (exact) mass is 267 g/mol. The van der Waals surface area contributed by atoms with E-state index in [-0.39, 0.29) is 6.04 Å². The summed E-state index contributed by atoms with van der Waals surface area (Å²) in [4.78, 5) is 0. The van der Waals surface area contributed by atoms with Crippen molar-refractivity contribution in [1.29, 1.82) is 0 Å². The maximum Gasteiger partial charge on any atom is 0.124 e. The Morgan fingerprint density at radius 1 is 1.60 bits per heavy atom. The van der Waals surface area contributed by atoms with Crippen LogP contribution in [0, 0.1) is 12.3 Å². The summed E-state index contributed by atoms with van der Waals surface area (Å²) in [6, 6.07) is 5.75. The number of terminal acetylenes is 1. The summed E-state index contributed by atoms with van der Waals surface area (Å²) in [5.74, 6) is 3.34. The van der Waals surface area contributed by atoms with Gasteiger partial charge in [0.15, 0.2) is 0 Å². The highest BCUT2D eigenvalue weighted by Crippen LogP contribution is 2.27. The minimum Gasteiger partial charge on any atom is -0.492 e. The minimum atomic E-state index is -0.0525. The summed E-state index contributed by atoms with van der Waals surface area (Å²) in [5.41, 5.74) is 6.83. The van der Waals surface area contributed by atoms with Crippen LogP contribution < -0.4 is 10.5 Å². The molecule has 15 heavy (non-hydrogen) atoms. The van der Waals surface area contributed by atoms with Gasteiger partial charge in [-0.1, -0.05) is 15.9 Å². The molecular formula is C12H14BrNO. The van der Waals surface area contributed by atoms with Crippen LogP contribution in [-0.2, 0) is 0 Å². The van der Waals surface area contributed by atoms with Gasteiger partial charge in [0.1, 0.15) is 5.75 Å². The first-order valence-corrected chi connectivity index (χ1v) is 5.55. The Balaban J connectivity index is 2.82. The van der Waals surface area contributed by atoms with Crippen LogP contribution in [0.3, 0.4) is 0 Å². The Labute approximate surface area is 98.9 Å². The highest BCUT2D eigenvalue weighted by molar-refractivity contribution is 9.10. The highest BCUT2D eigenvalue weighted by atomic mass is 79.9. The second-order valence-electron chi connectivity index (χ2n) is 3.27. The number of hydrogen-bond acceptors (Lipinski definition) is 2. The lowest BCUT2D eigenvalue weighted by molar-refractivity contribution is 0.322. The van der Waals surface area contributed by atoms with E-state index < -0.39 is 0 Å². The van der Waals surface area contributed by atoms with E-state index in [1.54, 1.807) is 0 Å². The van der Waals surface area contributed by atoms with Crippen LogP contribution >= 0.6 is 15.9 Å². The summed E-state index contributed by atoms with van der Waals surface area (Å²) in [7, 11) is 0. The van der Waals surface area contributed by atoms with Gasteiger partial charge in [-0.25, -0.2) is 0 Å². The molecule has 2 N–H and O–H groups in total. The Morgan fingerprint density at radius 3 is 2.93 bits per heavy atom. The topological polar surface area (TPSA) is 35.2 Å². The number of hydrogen-bond donors (Lipinski definition) is 1. The van der Waals surface area contributed by atoms with Gasteiger partial charge in [-0.05, 0) is 25.1 Å². The summed E-state index contributed by atoms with van der Waals surface area (Å²) < 4.78 is 6.55. The van der Waals surface area contributed by atoms with Gasteiger partial charge in [0.25, 0.3) is 0 Å². The molecule has 3 heteroatoms. The smallest absolute Gasteiger partial charge is 0.124 e. The molecule has 0 aliphatic heterocycles. The van der Waals surface area contributed by atoms with Crippen LogP contribution in [0.1, 0.15) is 24.9 Å². The van der Waals surface area contributed by atoms with Crippen LogP contribution in [0.15, 0.2) is 22.7 Å². The molecule has 1 aromatic carbocycles. The molecule has 0 aliphatic carbocycles. The van der Waals surface area contributed by atoms with E-state index in [0.717, 1.165) is 15.8 Å². The second kappa shape index (κ2) is 5.79. The van der Waals surface area contributed by atoms with Crippen LogP contribution in [0.4, 0.5) is 0 Å². The number of benzene rings is 1. The van der Waals surface area contributed by atoms with Crippen LogP contribution in [-0.4, -0.2) is 6.61 Å². The molecule has 0 saturated heterocycles. The maximum atomic E-state index is 5.85. The van der Waals surface area contributed by atoms with Gasteiger partial charge < -0.3 is 10.5 Å². The third kappa shape index (κ3) is 3.58. The van der Waals surface area contributed by atoms with E-state index in [9.17, 15) is 0 Å². The molecule has 1 unspecified atom stereocenters. The van der Waals surface area contributed by atoms with E-state index in [1.165, 1.54) is 0 Å². The molecule has 0 radical (unpaired) electrons. The van der Waals surface area contributed by atoms with Crippen molar-refractivity contribution in [2.45, 2.75) is 19.4 Å². The van der Waals surface area contributed by atoms with Gasteiger partial charge >= 0.3 is 0 Å². The highest BCUT2D eigenvalue weighted by Gasteiger charge is 2.08. The van der Waals surface area contributed by atoms with Gasteiger partial charge in [0, 0.05) is 22.5 Å². The van der Waals surface area contributed by atoms with E-state index in [1.807, 2.05) is 25.1 Å². The molecule has 0 bridgehead atoms. The van der Waals surface area contributed by atoms with Crippen molar-refractivity contribution < 1.29 is 4.74 Å². The van der Waals surface area contributed by atoms with E-state index in [4.69, 9.17) is 16.9 Å². The van der Waals surface area contributed by atoms with Crippen LogP contribution in [0.25, 0.3) is 0 Å². The average molecular weight is 268 g/mol. The zero-order valence-electron chi connectivity index (χ0n) is 8.66. The average Bonchev–Trinajstić information content (AvgIpc) is 2.20. The molecular weight excluding hydrogens is 254 g/mol. The van der Waals surface area contributed by atoms with Crippen molar-refractivity contribution in [2.24, 2.45) is 5.73 Å². The molecule has 0 spiro atoms. The van der Waals surface area contributed by atoms with Crippen LogP contribution in [0.5, 0.6) is 5.75 Å². The fraction of sp³-hybridized carbons (Fsp3) is 0.333. The standard InChI is InChI=1S/C12H14BrNO/c1-3-4-7-15-12-6-5-10(13)8-11(12)9(2)14/h1,5-6,8-9H,4,7,14H2,2H3. The number of halogens is 1. The van der Waals surface area contributed by atoms with Crippen molar-refractivity contribution >= 4 is 15.9 Å². The largest absolute Gasteiger partial charge is 0.492 e. The van der Waals surface area contributed by atoms with Crippen molar-refractivity contribution in [3.8, 4) is 18.1 Å². The normalized spacial score (nSPS) is 11.9. The fourth-order valence-electron chi connectivity index (χ4n) is 1.23. The van der Waals surface area contributed by atoms with Gasteiger partial charge in [-0.15, -0.1) is 12.3 Å². The van der Waals surface area contributed by atoms with Crippen molar-refractivity contribution in [3.05, 3.63) is 28.2 Å². The maximum absolute atomic E-state index is 5.85. The zero-order chi connectivity index (χ0) is 11.3. The molecule has 0 aromatic heterocycles. The molecule has 80 valence electrons. The molecule has 2 nitrogen and oxygen atoms in total. The SMILES string of the molecule is C#CCCOc1ccc(Br)cc1C(C)N. The summed E-state index contributed by atoms with van der Waals surface area (Å²) in [6.45, 7) is 2.45. The second-order valence-corrected chi connectivity index (χ2v) is 4.19. The number of rotatable bonds is 4. The molecule has 1 aromatic rings. The lowest BCUT2D eigenvalue weighted by Crippen LogP contribution is -2.08. The predicted molar refractivity (Wildman–Crippen MR) is 65.7 cm³/mol. The third-order valence-electron chi connectivity index (χ3n) is 1.97. The number of nitrogens with two attached hydrogens (primary N) is 1. The fourth-order valence-corrected chi connectivity index (χ4v) is 1.61. The quantitative estimate of drug-likeness (QED) is 0.673. The molecule has 0 saturated carbocycles. The Bertz CT molecular complexity index is 368. The van der Waals surface area contributed by atoms with E-state index >= 15 is 0 Å². The van der Waals surface area contributed by atoms with Gasteiger partial charge in [-0.3, -0.25) is 0 Å². The van der Waals surface area contributed by atoms with E-state index in [2.05, 4.69) is 21.9 Å². The van der Waals surface area contributed by atoms with Gasteiger partial charge in [0.05, 0.1) is 6.61 Å². The summed E-state index contributed by atoms with van der Waals surface area (Å²) in [5, 5.41) is 0. The molecule has 1 rings (SSSR count). The van der Waals surface area contributed by atoms with E-state index in [0.29, 0.717) is 13.0 Å². The Morgan fingerprint density at radius 2 is 2.33 bits per heavy atom. The molecule has 0 aliphatic rings. The van der Waals surface area contributed by atoms with Crippen molar-refractivity contribution in [1.82, 2.24) is 0 Å². The predicted octanol–water partition coefficient (Wildman–Crippen LogP) is 2.87. The van der Waals surface area contributed by atoms with Crippen LogP contribution in [0.2, 0.25) is 0 Å². The summed E-state index contributed by atoms with van der Waals surface area (Å²) >= 11 is 3.40. The van der Waals surface area contributed by atoms with Crippen molar-refractivity contribution in [3.63, 3.8) is 0 Å². The number of ether oxygens (including phenoxy) is 1. The zero-order valence-corrected chi connectivity index (χ0v) is 10.3. The molecule has 0 heterocycles. The van der Waals surface area contributed by atoms with Gasteiger partial charge in [-0.2, -0.15) is 0 Å². The molecule has 0 fully saturated rings. The van der Waals surface area contributed by atoms with Gasteiger partial charge in [0.2, 0.25) is 0 Å². The summed E-state index contributed by atoms with van der Waals surface area (Å²) in [6.07, 6.45) is 5.76. The molecule has 1 atom stereocenters. The first-order valence-electron chi connectivity index (χ1n) is 4.76. The van der Waals surface area contributed by atoms with Crippen molar-refractivity contribution in [2.75, 3.05) is 6.61 Å². The first-order chi connectivity index (χ1) is 7.15.